The third-order valence-corrected chi connectivity index (χ3v) is 2.81. The first-order chi connectivity index (χ1) is 7.38. The maximum absolute atomic E-state index is 11.6. The van der Waals surface area contributed by atoms with Gasteiger partial charge in [0.1, 0.15) is 5.60 Å². The van der Waals surface area contributed by atoms with Crippen molar-refractivity contribution in [2.45, 2.75) is 51.7 Å². The highest BCUT2D eigenvalue weighted by molar-refractivity contribution is 5.70. The molecule has 16 heavy (non-hydrogen) atoms. The molecule has 0 radical (unpaired) electrons. The zero-order valence-electron chi connectivity index (χ0n) is 10.6. The third-order valence-electron chi connectivity index (χ3n) is 2.81. The van der Waals surface area contributed by atoms with Gasteiger partial charge >= 0.3 is 5.97 Å². The average molecular weight is 228 g/mol. The second kappa shape index (κ2) is 5.64. The summed E-state index contributed by atoms with van der Waals surface area (Å²) in [6, 6.07) is -0.0584. The van der Waals surface area contributed by atoms with Crippen LogP contribution in [0.4, 0.5) is 0 Å². The maximum Gasteiger partial charge on any atom is 0.307 e. The van der Waals surface area contributed by atoms with E-state index in [2.05, 4.69) is 5.32 Å². The highest BCUT2D eigenvalue weighted by Crippen LogP contribution is 2.18. The Morgan fingerprint density at radius 1 is 1.44 bits per heavy atom. The lowest BCUT2D eigenvalue weighted by atomic mass is 9.89. The normalized spacial score (nSPS) is 20.5. The van der Waals surface area contributed by atoms with Gasteiger partial charge in [-0.15, -0.1) is 0 Å². The molecule has 1 heterocycles. The van der Waals surface area contributed by atoms with Crippen molar-refractivity contribution in [2.75, 3.05) is 13.1 Å². The standard InChI is InChI=1S/C12H24N2O2/c1-12(2,3)16-11(15)8-10(13)9-4-6-14-7-5-9/h9-10,14H,4-8,13H2,1-3H3. The first-order valence-corrected chi connectivity index (χ1v) is 6.06. The summed E-state index contributed by atoms with van der Waals surface area (Å²) in [5.41, 5.74) is 5.63. The molecule has 3 N–H and O–H groups in total. The SMILES string of the molecule is CC(C)(C)OC(=O)CC(N)C1CCNCC1. The summed E-state index contributed by atoms with van der Waals surface area (Å²) in [5.74, 6) is 0.271. The van der Waals surface area contributed by atoms with Crippen LogP contribution in [0.15, 0.2) is 0 Å². The molecule has 1 aliphatic heterocycles. The monoisotopic (exact) mass is 228 g/mol. The van der Waals surface area contributed by atoms with Crippen LogP contribution < -0.4 is 11.1 Å². The predicted octanol–water partition coefficient (Wildman–Crippen LogP) is 1.05. The first-order valence-electron chi connectivity index (χ1n) is 6.06. The van der Waals surface area contributed by atoms with Crippen LogP contribution in [0.5, 0.6) is 0 Å². The van der Waals surface area contributed by atoms with Crippen LogP contribution in [0, 0.1) is 5.92 Å². The summed E-state index contributed by atoms with van der Waals surface area (Å²) in [7, 11) is 0. The molecule has 0 bridgehead atoms. The largest absolute Gasteiger partial charge is 0.460 e. The fourth-order valence-electron chi connectivity index (χ4n) is 2.01. The van der Waals surface area contributed by atoms with E-state index in [0.29, 0.717) is 12.3 Å². The number of carbonyl (C=O) groups excluding carboxylic acids is 1. The minimum absolute atomic E-state index is 0.0584. The van der Waals surface area contributed by atoms with E-state index < -0.39 is 5.60 Å². The van der Waals surface area contributed by atoms with Crippen molar-refractivity contribution in [2.24, 2.45) is 11.7 Å². The predicted molar refractivity (Wildman–Crippen MR) is 64.0 cm³/mol. The Morgan fingerprint density at radius 2 is 2.00 bits per heavy atom. The number of hydrogen-bond acceptors (Lipinski definition) is 4. The smallest absolute Gasteiger partial charge is 0.307 e. The highest BCUT2D eigenvalue weighted by atomic mass is 16.6. The van der Waals surface area contributed by atoms with E-state index in [0.717, 1.165) is 25.9 Å². The highest BCUT2D eigenvalue weighted by Gasteiger charge is 2.25. The first kappa shape index (κ1) is 13.5. The van der Waals surface area contributed by atoms with E-state index in [1.807, 2.05) is 20.8 Å². The Hall–Kier alpha value is -0.610. The summed E-state index contributed by atoms with van der Waals surface area (Å²) in [4.78, 5) is 11.6. The summed E-state index contributed by atoms with van der Waals surface area (Å²) in [6.45, 7) is 7.64. The Balaban J connectivity index is 2.32. The molecule has 1 atom stereocenters. The Labute approximate surface area is 97.9 Å². The molecule has 94 valence electrons. The maximum atomic E-state index is 11.6. The molecule has 4 nitrogen and oxygen atoms in total. The molecule has 0 aromatic carbocycles. The minimum atomic E-state index is -0.412. The number of rotatable bonds is 3. The molecule has 1 rings (SSSR count). The summed E-state index contributed by atoms with van der Waals surface area (Å²) in [5, 5.41) is 3.29. The van der Waals surface area contributed by atoms with Gasteiger partial charge in [-0.2, -0.15) is 0 Å². The second-order valence-electron chi connectivity index (χ2n) is 5.54. The molecular formula is C12H24N2O2. The molecule has 1 fully saturated rings. The van der Waals surface area contributed by atoms with E-state index in [9.17, 15) is 4.79 Å². The number of nitrogens with one attached hydrogen (secondary N) is 1. The van der Waals surface area contributed by atoms with E-state index in [-0.39, 0.29) is 12.0 Å². The molecule has 0 spiro atoms. The minimum Gasteiger partial charge on any atom is -0.460 e. The molecule has 0 aliphatic carbocycles. The van der Waals surface area contributed by atoms with E-state index >= 15 is 0 Å². The van der Waals surface area contributed by atoms with Crippen LogP contribution in [0.3, 0.4) is 0 Å². The van der Waals surface area contributed by atoms with Gasteiger partial charge in [0.05, 0.1) is 6.42 Å². The van der Waals surface area contributed by atoms with Crippen LogP contribution in [0.25, 0.3) is 0 Å². The molecule has 1 aliphatic rings. The number of nitrogens with two attached hydrogens (primary N) is 1. The number of piperidine rings is 1. The van der Waals surface area contributed by atoms with E-state index in [4.69, 9.17) is 10.5 Å². The number of hydrogen-bond donors (Lipinski definition) is 2. The van der Waals surface area contributed by atoms with Gasteiger partial charge < -0.3 is 15.8 Å². The molecule has 4 heteroatoms. The van der Waals surface area contributed by atoms with Gasteiger partial charge in [-0.05, 0) is 52.6 Å². The van der Waals surface area contributed by atoms with Crippen LogP contribution in [0.2, 0.25) is 0 Å². The zero-order valence-corrected chi connectivity index (χ0v) is 10.6. The Bertz CT molecular complexity index is 230. The fraction of sp³-hybridized carbons (Fsp3) is 0.917. The molecule has 0 amide bonds. The van der Waals surface area contributed by atoms with Crippen molar-refractivity contribution in [3.8, 4) is 0 Å². The van der Waals surface area contributed by atoms with Crippen molar-refractivity contribution in [3.05, 3.63) is 0 Å². The lowest BCUT2D eigenvalue weighted by Crippen LogP contribution is -2.40. The number of carbonyl (C=O) groups is 1. The van der Waals surface area contributed by atoms with Crippen LogP contribution >= 0.6 is 0 Å². The van der Waals surface area contributed by atoms with Gasteiger partial charge in [0, 0.05) is 6.04 Å². The van der Waals surface area contributed by atoms with Gasteiger partial charge in [-0.1, -0.05) is 0 Å². The van der Waals surface area contributed by atoms with Gasteiger partial charge in [-0.25, -0.2) is 0 Å². The van der Waals surface area contributed by atoms with Crippen molar-refractivity contribution in [1.82, 2.24) is 5.32 Å². The van der Waals surface area contributed by atoms with Crippen molar-refractivity contribution < 1.29 is 9.53 Å². The molecule has 1 unspecified atom stereocenters. The zero-order chi connectivity index (χ0) is 12.2. The van der Waals surface area contributed by atoms with Crippen molar-refractivity contribution in [1.29, 1.82) is 0 Å². The fourth-order valence-corrected chi connectivity index (χ4v) is 2.01. The summed E-state index contributed by atoms with van der Waals surface area (Å²) in [6.07, 6.45) is 2.45. The molecule has 0 aromatic heterocycles. The average Bonchev–Trinajstić information content (AvgIpc) is 2.16. The van der Waals surface area contributed by atoms with Crippen LogP contribution in [-0.2, 0) is 9.53 Å². The van der Waals surface area contributed by atoms with Crippen LogP contribution in [0.1, 0.15) is 40.0 Å². The topological polar surface area (TPSA) is 64.3 Å². The number of ether oxygens (including phenoxy) is 1. The molecule has 0 aromatic rings. The quantitative estimate of drug-likeness (QED) is 0.709. The second-order valence-corrected chi connectivity index (χ2v) is 5.54. The van der Waals surface area contributed by atoms with Gasteiger partial charge in [-0.3, -0.25) is 4.79 Å². The van der Waals surface area contributed by atoms with Crippen molar-refractivity contribution >= 4 is 5.97 Å². The van der Waals surface area contributed by atoms with Crippen LogP contribution in [-0.4, -0.2) is 30.7 Å². The third kappa shape index (κ3) is 4.94. The van der Waals surface area contributed by atoms with E-state index in [1.165, 1.54) is 0 Å². The molecule has 0 saturated carbocycles. The number of esters is 1. The summed E-state index contributed by atoms with van der Waals surface area (Å²) < 4.78 is 5.26. The molecule has 1 saturated heterocycles. The lowest BCUT2D eigenvalue weighted by Gasteiger charge is -2.28. The van der Waals surface area contributed by atoms with Gasteiger partial charge in [0.15, 0.2) is 0 Å². The lowest BCUT2D eigenvalue weighted by molar-refractivity contribution is -0.155. The summed E-state index contributed by atoms with van der Waals surface area (Å²) >= 11 is 0. The van der Waals surface area contributed by atoms with Crippen molar-refractivity contribution in [3.63, 3.8) is 0 Å². The Kier molecular flexibility index (Phi) is 4.74. The van der Waals surface area contributed by atoms with Gasteiger partial charge in [0.2, 0.25) is 0 Å². The van der Waals surface area contributed by atoms with E-state index in [1.54, 1.807) is 0 Å². The van der Waals surface area contributed by atoms with Gasteiger partial charge in [0.25, 0.3) is 0 Å². The molecular weight excluding hydrogens is 204 g/mol. The Morgan fingerprint density at radius 3 is 2.50 bits per heavy atom.